The van der Waals surface area contributed by atoms with Gasteiger partial charge in [0.15, 0.2) is 11.0 Å². The van der Waals surface area contributed by atoms with Gasteiger partial charge in [-0.25, -0.2) is 4.98 Å². The molecule has 4 aromatic heterocycles. The van der Waals surface area contributed by atoms with E-state index in [0.717, 1.165) is 27.7 Å². The largest absolute Gasteiger partial charge is 0.497 e. The molecule has 160 valence electrons. The molecular formula is C23H19N5O2S2. The molecule has 1 aromatic carbocycles. The van der Waals surface area contributed by atoms with Crippen LogP contribution in [0.15, 0.2) is 76.1 Å². The first-order chi connectivity index (χ1) is 15.6. The molecule has 9 heteroatoms. The Balaban J connectivity index is 1.52. The van der Waals surface area contributed by atoms with Crippen LogP contribution >= 0.6 is 23.1 Å². The average molecular weight is 462 g/mol. The fourth-order valence-corrected chi connectivity index (χ4v) is 4.92. The van der Waals surface area contributed by atoms with Crippen LogP contribution in [0.25, 0.3) is 22.0 Å². The SMILES string of the molecule is COc1cccc(-n2c(SCc3cc(=O)n4cc(C)ccc4n3)nnc2-c2cccs2)c1. The van der Waals surface area contributed by atoms with Crippen molar-refractivity contribution >= 4 is 28.7 Å². The highest BCUT2D eigenvalue weighted by molar-refractivity contribution is 7.98. The molecule has 0 aliphatic rings. The van der Waals surface area contributed by atoms with Gasteiger partial charge in [-0.1, -0.05) is 30.0 Å². The van der Waals surface area contributed by atoms with Gasteiger partial charge in [-0.2, -0.15) is 0 Å². The molecule has 0 radical (unpaired) electrons. The summed E-state index contributed by atoms with van der Waals surface area (Å²) in [6, 6.07) is 17.2. The van der Waals surface area contributed by atoms with E-state index in [9.17, 15) is 4.79 Å². The summed E-state index contributed by atoms with van der Waals surface area (Å²) in [5.41, 5.74) is 3.15. The fraction of sp³-hybridized carbons (Fsp3) is 0.130. The Morgan fingerprint density at radius 2 is 2.00 bits per heavy atom. The number of pyridine rings is 1. The van der Waals surface area contributed by atoms with Crippen molar-refractivity contribution in [1.29, 1.82) is 0 Å². The minimum absolute atomic E-state index is 0.0946. The second-order valence-electron chi connectivity index (χ2n) is 7.13. The van der Waals surface area contributed by atoms with Crippen LogP contribution in [0, 0.1) is 6.92 Å². The van der Waals surface area contributed by atoms with Crippen LogP contribution in [0.5, 0.6) is 5.75 Å². The van der Waals surface area contributed by atoms with Crippen molar-refractivity contribution in [3.63, 3.8) is 0 Å². The number of thioether (sulfide) groups is 1. The molecule has 0 aliphatic carbocycles. The number of hydrogen-bond acceptors (Lipinski definition) is 7. The van der Waals surface area contributed by atoms with Gasteiger partial charge in [0.2, 0.25) is 0 Å². The summed E-state index contributed by atoms with van der Waals surface area (Å²) >= 11 is 3.10. The van der Waals surface area contributed by atoms with Crippen molar-refractivity contribution in [2.75, 3.05) is 7.11 Å². The highest BCUT2D eigenvalue weighted by atomic mass is 32.2. The predicted molar refractivity (Wildman–Crippen MR) is 127 cm³/mol. The summed E-state index contributed by atoms with van der Waals surface area (Å²) in [4.78, 5) is 18.2. The number of aromatic nitrogens is 5. The van der Waals surface area contributed by atoms with Crippen molar-refractivity contribution in [2.24, 2.45) is 0 Å². The normalized spacial score (nSPS) is 11.2. The quantitative estimate of drug-likeness (QED) is 0.344. The molecule has 0 unspecified atom stereocenters. The lowest BCUT2D eigenvalue weighted by Crippen LogP contribution is -2.15. The molecule has 0 amide bonds. The van der Waals surface area contributed by atoms with E-state index in [4.69, 9.17) is 4.74 Å². The van der Waals surface area contributed by atoms with E-state index in [1.807, 2.05) is 65.4 Å². The van der Waals surface area contributed by atoms with Crippen LogP contribution in [-0.4, -0.2) is 31.3 Å². The number of hydrogen-bond donors (Lipinski definition) is 0. The number of benzene rings is 1. The molecule has 0 spiro atoms. The highest BCUT2D eigenvalue weighted by Crippen LogP contribution is 2.32. The van der Waals surface area contributed by atoms with Crippen LogP contribution in [-0.2, 0) is 5.75 Å². The Labute approximate surface area is 192 Å². The van der Waals surface area contributed by atoms with Gasteiger partial charge in [0.05, 0.1) is 23.4 Å². The molecule has 32 heavy (non-hydrogen) atoms. The molecular weight excluding hydrogens is 442 g/mol. The third-order valence-corrected chi connectivity index (χ3v) is 6.72. The molecule has 5 aromatic rings. The van der Waals surface area contributed by atoms with Gasteiger partial charge in [-0.15, -0.1) is 21.5 Å². The van der Waals surface area contributed by atoms with Gasteiger partial charge in [-0.3, -0.25) is 13.8 Å². The number of ether oxygens (including phenoxy) is 1. The molecule has 0 bridgehead atoms. The maximum Gasteiger partial charge on any atom is 0.258 e. The van der Waals surface area contributed by atoms with E-state index in [1.165, 1.54) is 11.8 Å². The van der Waals surface area contributed by atoms with Crippen molar-refractivity contribution in [3.8, 4) is 22.1 Å². The predicted octanol–water partition coefficient (Wildman–Crippen LogP) is 4.61. The minimum atomic E-state index is -0.0946. The Bertz CT molecular complexity index is 1460. The van der Waals surface area contributed by atoms with Gasteiger partial charge < -0.3 is 4.74 Å². The van der Waals surface area contributed by atoms with E-state index in [1.54, 1.807) is 35.1 Å². The van der Waals surface area contributed by atoms with Crippen LogP contribution in [0.2, 0.25) is 0 Å². The number of rotatable bonds is 6. The van der Waals surface area contributed by atoms with Crippen LogP contribution in [0.3, 0.4) is 0 Å². The maximum atomic E-state index is 12.5. The summed E-state index contributed by atoms with van der Waals surface area (Å²) < 4.78 is 8.99. The average Bonchev–Trinajstić information content (AvgIpc) is 3.48. The topological polar surface area (TPSA) is 74.3 Å². The number of thiophene rings is 1. The van der Waals surface area contributed by atoms with Gasteiger partial charge in [0, 0.05) is 24.1 Å². The van der Waals surface area contributed by atoms with E-state index in [0.29, 0.717) is 22.3 Å². The van der Waals surface area contributed by atoms with Gasteiger partial charge in [-0.05, 0) is 42.1 Å². The lowest BCUT2D eigenvalue weighted by atomic mass is 10.3. The van der Waals surface area contributed by atoms with Gasteiger partial charge in [0.1, 0.15) is 11.4 Å². The van der Waals surface area contributed by atoms with Crippen molar-refractivity contribution < 1.29 is 4.74 Å². The molecule has 0 fully saturated rings. The number of methoxy groups -OCH3 is 1. The lowest BCUT2D eigenvalue weighted by molar-refractivity contribution is 0.414. The van der Waals surface area contributed by atoms with E-state index >= 15 is 0 Å². The monoisotopic (exact) mass is 461 g/mol. The summed E-state index contributed by atoms with van der Waals surface area (Å²) in [7, 11) is 1.65. The fourth-order valence-electron chi connectivity index (χ4n) is 3.38. The summed E-state index contributed by atoms with van der Waals surface area (Å²) in [6.07, 6.45) is 1.80. The van der Waals surface area contributed by atoms with Crippen LogP contribution in [0.1, 0.15) is 11.3 Å². The molecule has 0 atom stereocenters. The molecule has 5 rings (SSSR count). The zero-order valence-corrected chi connectivity index (χ0v) is 19.1. The van der Waals surface area contributed by atoms with Gasteiger partial charge >= 0.3 is 0 Å². The first-order valence-electron chi connectivity index (χ1n) is 9.88. The second kappa shape index (κ2) is 8.60. The van der Waals surface area contributed by atoms with Gasteiger partial charge in [0.25, 0.3) is 5.56 Å². The Hall–Kier alpha value is -3.43. The molecule has 7 nitrogen and oxygen atoms in total. The highest BCUT2D eigenvalue weighted by Gasteiger charge is 2.18. The van der Waals surface area contributed by atoms with Crippen LogP contribution in [0.4, 0.5) is 0 Å². The van der Waals surface area contributed by atoms with E-state index in [2.05, 4.69) is 15.2 Å². The zero-order valence-electron chi connectivity index (χ0n) is 17.4. The molecule has 0 saturated carbocycles. The maximum absolute atomic E-state index is 12.5. The van der Waals surface area contributed by atoms with Crippen molar-refractivity contribution in [1.82, 2.24) is 24.1 Å². The number of fused-ring (bicyclic) bond motifs is 1. The first kappa shape index (κ1) is 20.5. The summed E-state index contributed by atoms with van der Waals surface area (Å²) in [5, 5.41) is 11.6. The summed E-state index contributed by atoms with van der Waals surface area (Å²) in [5.74, 6) is 2.01. The summed E-state index contributed by atoms with van der Waals surface area (Å²) in [6.45, 7) is 1.95. The molecule has 4 heterocycles. The number of aryl methyl sites for hydroxylation is 1. The lowest BCUT2D eigenvalue weighted by Gasteiger charge is -2.11. The molecule has 0 aliphatic heterocycles. The van der Waals surface area contributed by atoms with E-state index in [-0.39, 0.29) is 5.56 Å². The first-order valence-corrected chi connectivity index (χ1v) is 11.7. The minimum Gasteiger partial charge on any atom is -0.497 e. The smallest absolute Gasteiger partial charge is 0.258 e. The van der Waals surface area contributed by atoms with Crippen molar-refractivity contribution in [3.05, 3.63) is 87.8 Å². The zero-order chi connectivity index (χ0) is 22.1. The third-order valence-electron chi connectivity index (χ3n) is 4.90. The van der Waals surface area contributed by atoms with E-state index < -0.39 is 0 Å². The number of nitrogens with zero attached hydrogens (tertiary/aromatic N) is 5. The Morgan fingerprint density at radius 1 is 1.09 bits per heavy atom. The Morgan fingerprint density at radius 3 is 2.81 bits per heavy atom. The molecule has 0 saturated heterocycles. The Kier molecular flexibility index (Phi) is 5.50. The molecule has 0 N–H and O–H groups in total. The van der Waals surface area contributed by atoms with Crippen molar-refractivity contribution in [2.45, 2.75) is 17.8 Å². The van der Waals surface area contributed by atoms with Crippen LogP contribution < -0.4 is 10.3 Å². The standard InChI is InChI=1S/C23H19N5O2S2/c1-15-8-9-20-24-16(11-21(29)27(20)13-15)14-32-23-26-25-22(19-7-4-10-31-19)28(23)17-5-3-6-18(12-17)30-2/h3-13H,14H2,1-2H3. The third kappa shape index (κ3) is 3.92. The second-order valence-corrected chi connectivity index (χ2v) is 9.02.